The van der Waals surface area contributed by atoms with E-state index >= 15 is 0 Å². The van der Waals surface area contributed by atoms with Crippen molar-refractivity contribution in [1.29, 1.82) is 0 Å². The van der Waals surface area contributed by atoms with Crippen molar-refractivity contribution in [2.75, 3.05) is 13.6 Å². The van der Waals surface area contributed by atoms with Crippen LogP contribution in [-0.4, -0.2) is 32.8 Å². The molecule has 114 valence electrons. The van der Waals surface area contributed by atoms with Gasteiger partial charge in [0.2, 0.25) is 5.09 Å². The highest BCUT2D eigenvalue weighted by Gasteiger charge is 2.23. The maximum absolute atomic E-state index is 12.3. The molecule has 2 aromatic heterocycles. The van der Waals surface area contributed by atoms with E-state index in [0.29, 0.717) is 12.3 Å². The van der Waals surface area contributed by atoms with E-state index in [1.54, 1.807) is 12.1 Å². The summed E-state index contributed by atoms with van der Waals surface area (Å²) in [6.07, 6.45) is 1.53. The molecule has 8 heteroatoms. The summed E-state index contributed by atoms with van der Waals surface area (Å²) >= 11 is 0. The highest BCUT2D eigenvalue weighted by molar-refractivity contribution is 7.89. The van der Waals surface area contributed by atoms with E-state index in [9.17, 15) is 13.2 Å². The van der Waals surface area contributed by atoms with Gasteiger partial charge in [-0.05, 0) is 38.2 Å². The number of nitrogens with zero attached hydrogens (tertiary/aromatic N) is 1. The molecular weight excluding hydrogens is 296 g/mol. The first-order valence-electron chi connectivity index (χ1n) is 6.33. The van der Waals surface area contributed by atoms with Crippen LogP contribution >= 0.6 is 0 Å². The number of amides is 1. The summed E-state index contributed by atoms with van der Waals surface area (Å²) in [5.74, 6) is 0.212. The number of carbonyl (C=O) groups excluding carboxylic acids is 1. The zero-order valence-electron chi connectivity index (χ0n) is 11.7. The minimum absolute atomic E-state index is 0.0303. The third kappa shape index (κ3) is 3.34. The van der Waals surface area contributed by atoms with E-state index in [2.05, 4.69) is 4.72 Å². The van der Waals surface area contributed by atoms with Crippen LogP contribution in [0.15, 0.2) is 44.5 Å². The molecule has 2 heterocycles. The second kappa shape index (κ2) is 6.15. The first-order chi connectivity index (χ1) is 9.97. The van der Waals surface area contributed by atoms with Gasteiger partial charge < -0.3 is 13.7 Å². The summed E-state index contributed by atoms with van der Waals surface area (Å²) in [5, 5.41) is -0.289. The summed E-state index contributed by atoms with van der Waals surface area (Å²) in [6.45, 7) is 2.54. The average Bonchev–Trinajstić information content (AvgIpc) is 3.15. The Labute approximate surface area is 122 Å². The van der Waals surface area contributed by atoms with Crippen LogP contribution < -0.4 is 4.72 Å². The summed E-state index contributed by atoms with van der Waals surface area (Å²) in [4.78, 5) is 13.8. The monoisotopic (exact) mass is 312 g/mol. The summed E-state index contributed by atoms with van der Waals surface area (Å²) < 4.78 is 35.6. The third-order valence-electron chi connectivity index (χ3n) is 2.92. The molecule has 0 unspecified atom stereocenters. The molecular formula is C13H16N2O5S. The van der Waals surface area contributed by atoms with E-state index in [0.717, 1.165) is 0 Å². The lowest BCUT2D eigenvalue weighted by molar-refractivity contribution is 0.0703. The fraction of sp³-hybridized carbons (Fsp3) is 0.308. The van der Waals surface area contributed by atoms with Gasteiger partial charge >= 0.3 is 0 Å². The lowest BCUT2D eigenvalue weighted by Gasteiger charge is -2.18. The lowest BCUT2D eigenvalue weighted by atomic mass is 10.3. The quantitative estimate of drug-likeness (QED) is 0.871. The van der Waals surface area contributed by atoms with Crippen molar-refractivity contribution in [2.24, 2.45) is 0 Å². The molecule has 2 rings (SSSR count). The molecule has 2 aromatic rings. The van der Waals surface area contributed by atoms with E-state index in [-0.39, 0.29) is 17.4 Å². The number of nitrogens with one attached hydrogen (secondary N) is 1. The molecule has 0 spiro atoms. The fourth-order valence-corrected chi connectivity index (χ4v) is 2.40. The van der Waals surface area contributed by atoms with E-state index in [1.165, 1.54) is 30.3 Å². The zero-order chi connectivity index (χ0) is 15.5. The molecule has 0 aliphatic rings. The Morgan fingerprint density at radius 3 is 2.67 bits per heavy atom. The van der Waals surface area contributed by atoms with Crippen molar-refractivity contribution in [3.8, 4) is 0 Å². The van der Waals surface area contributed by atoms with Crippen molar-refractivity contribution in [3.63, 3.8) is 0 Å². The molecule has 0 saturated carbocycles. The number of rotatable bonds is 6. The van der Waals surface area contributed by atoms with E-state index < -0.39 is 15.9 Å². The molecule has 0 aromatic carbocycles. The molecule has 0 aliphatic carbocycles. The van der Waals surface area contributed by atoms with Crippen LogP contribution in [0.5, 0.6) is 0 Å². The van der Waals surface area contributed by atoms with Crippen LogP contribution in [0.25, 0.3) is 0 Å². The Bertz CT molecular complexity index is 703. The smallest absolute Gasteiger partial charge is 0.290 e. The van der Waals surface area contributed by atoms with Crippen LogP contribution in [0.3, 0.4) is 0 Å². The minimum Gasteiger partial charge on any atom is -0.467 e. The zero-order valence-corrected chi connectivity index (χ0v) is 12.5. The Morgan fingerprint density at radius 2 is 2.10 bits per heavy atom. The number of sulfonamides is 1. The largest absolute Gasteiger partial charge is 0.467 e. The van der Waals surface area contributed by atoms with Gasteiger partial charge in [0.1, 0.15) is 5.76 Å². The molecule has 0 saturated heterocycles. The van der Waals surface area contributed by atoms with Crippen LogP contribution in [0.4, 0.5) is 0 Å². The standard InChI is InChI=1S/C13H16N2O5S/c1-3-15(9-10-5-4-8-19-10)13(16)11-6-7-12(20-11)21(17,18)14-2/h4-8,14H,3,9H2,1-2H3. The summed E-state index contributed by atoms with van der Waals surface area (Å²) in [6, 6.07) is 6.09. The van der Waals surface area contributed by atoms with Gasteiger partial charge in [0.25, 0.3) is 15.9 Å². The molecule has 0 bridgehead atoms. The van der Waals surface area contributed by atoms with Crippen molar-refractivity contribution in [1.82, 2.24) is 9.62 Å². The van der Waals surface area contributed by atoms with Crippen molar-refractivity contribution in [3.05, 3.63) is 42.0 Å². The van der Waals surface area contributed by atoms with Crippen molar-refractivity contribution in [2.45, 2.75) is 18.6 Å². The Kier molecular flexibility index (Phi) is 4.49. The van der Waals surface area contributed by atoms with Gasteiger partial charge in [0, 0.05) is 6.54 Å². The van der Waals surface area contributed by atoms with Crippen LogP contribution in [-0.2, 0) is 16.6 Å². The molecule has 0 fully saturated rings. The highest BCUT2D eigenvalue weighted by atomic mass is 32.2. The number of furan rings is 2. The van der Waals surface area contributed by atoms with Gasteiger partial charge in [0.15, 0.2) is 5.76 Å². The molecule has 0 atom stereocenters. The maximum Gasteiger partial charge on any atom is 0.290 e. The van der Waals surface area contributed by atoms with Gasteiger partial charge in [-0.2, -0.15) is 0 Å². The van der Waals surface area contributed by atoms with Gasteiger partial charge in [-0.3, -0.25) is 4.79 Å². The van der Waals surface area contributed by atoms with Crippen molar-refractivity contribution >= 4 is 15.9 Å². The second-order valence-electron chi connectivity index (χ2n) is 4.22. The fourth-order valence-electron chi connectivity index (χ4n) is 1.75. The van der Waals surface area contributed by atoms with Gasteiger partial charge in [0.05, 0.1) is 12.8 Å². The van der Waals surface area contributed by atoms with Gasteiger partial charge in [-0.25, -0.2) is 13.1 Å². The lowest BCUT2D eigenvalue weighted by Crippen LogP contribution is -2.29. The summed E-state index contributed by atoms with van der Waals surface area (Å²) in [5.41, 5.74) is 0. The molecule has 0 aliphatic heterocycles. The predicted octanol–water partition coefficient (Wildman–Crippen LogP) is 1.44. The third-order valence-corrected chi connectivity index (χ3v) is 4.21. The first kappa shape index (κ1) is 15.3. The number of hydrogen-bond donors (Lipinski definition) is 1. The molecule has 0 radical (unpaired) electrons. The van der Waals surface area contributed by atoms with E-state index in [4.69, 9.17) is 8.83 Å². The van der Waals surface area contributed by atoms with E-state index in [1.807, 2.05) is 6.92 Å². The molecule has 21 heavy (non-hydrogen) atoms. The predicted molar refractivity (Wildman–Crippen MR) is 74.1 cm³/mol. The van der Waals surface area contributed by atoms with Crippen LogP contribution in [0.1, 0.15) is 23.2 Å². The topological polar surface area (TPSA) is 92.8 Å². The summed E-state index contributed by atoms with van der Waals surface area (Å²) in [7, 11) is -2.43. The number of carbonyl (C=O) groups is 1. The minimum atomic E-state index is -3.70. The number of hydrogen-bond acceptors (Lipinski definition) is 5. The van der Waals surface area contributed by atoms with Gasteiger partial charge in [-0.1, -0.05) is 0 Å². The second-order valence-corrected chi connectivity index (χ2v) is 6.04. The van der Waals surface area contributed by atoms with Crippen molar-refractivity contribution < 1.29 is 22.0 Å². The Balaban J connectivity index is 2.18. The Hall–Kier alpha value is -2.06. The SMILES string of the molecule is CCN(Cc1ccco1)C(=O)c1ccc(S(=O)(=O)NC)o1. The molecule has 7 nitrogen and oxygen atoms in total. The maximum atomic E-state index is 12.3. The Morgan fingerprint density at radius 1 is 1.33 bits per heavy atom. The van der Waals surface area contributed by atoms with Crippen LogP contribution in [0, 0.1) is 0 Å². The molecule has 1 N–H and O–H groups in total. The van der Waals surface area contributed by atoms with Gasteiger partial charge in [-0.15, -0.1) is 0 Å². The average molecular weight is 312 g/mol. The highest BCUT2D eigenvalue weighted by Crippen LogP contribution is 2.16. The van der Waals surface area contributed by atoms with Crippen LogP contribution in [0.2, 0.25) is 0 Å². The normalized spacial score (nSPS) is 11.5. The molecule has 1 amide bonds. The first-order valence-corrected chi connectivity index (χ1v) is 7.81.